The molecule has 1 aromatic heterocycles. The van der Waals surface area contributed by atoms with Crippen LogP contribution in [0, 0.1) is 0 Å². The zero-order valence-corrected chi connectivity index (χ0v) is 16.6. The Hall–Kier alpha value is -1.81. The quantitative estimate of drug-likeness (QED) is 0.402. The van der Waals surface area contributed by atoms with E-state index in [9.17, 15) is 14.4 Å². The van der Waals surface area contributed by atoms with Crippen molar-refractivity contribution in [1.82, 2.24) is 10.6 Å². The Morgan fingerprint density at radius 3 is 2.54 bits per heavy atom. The van der Waals surface area contributed by atoms with E-state index in [1.807, 2.05) is 0 Å². The van der Waals surface area contributed by atoms with Crippen LogP contribution in [0.4, 0.5) is 4.79 Å². The van der Waals surface area contributed by atoms with Crippen LogP contribution in [0.1, 0.15) is 43.3 Å². The minimum absolute atomic E-state index is 0.0461. The molecule has 0 saturated carbocycles. The molecule has 0 atom stereocenters. The maximum Gasteiger partial charge on any atom is 0.408 e. The van der Waals surface area contributed by atoms with E-state index in [2.05, 4.69) is 10.6 Å². The highest BCUT2D eigenvalue weighted by molar-refractivity contribution is 8.76. The summed E-state index contributed by atoms with van der Waals surface area (Å²) in [6.45, 7) is 5.76. The summed E-state index contributed by atoms with van der Waals surface area (Å²) in [4.78, 5) is 34.2. The van der Waals surface area contributed by atoms with E-state index in [0.29, 0.717) is 29.4 Å². The van der Waals surface area contributed by atoms with Crippen molar-refractivity contribution in [3.8, 4) is 0 Å². The van der Waals surface area contributed by atoms with Gasteiger partial charge in [-0.15, -0.1) is 0 Å². The highest BCUT2D eigenvalue weighted by atomic mass is 33.1. The largest absolute Gasteiger partial charge is 0.481 e. The number of hydrogen-bond donors (Lipinski definition) is 3. The Morgan fingerprint density at radius 1 is 1.19 bits per heavy atom. The fourth-order valence-electron chi connectivity index (χ4n) is 1.69. The lowest BCUT2D eigenvalue weighted by atomic mass is 10.2. The lowest BCUT2D eigenvalue weighted by molar-refractivity contribution is -0.136. The first-order chi connectivity index (χ1) is 12.2. The normalized spacial score (nSPS) is 11.0. The summed E-state index contributed by atoms with van der Waals surface area (Å²) in [6, 6.07) is 1.54. The van der Waals surface area contributed by atoms with Crippen LogP contribution in [0.3, 0.4) is 0 Å². The molecule has 8 nitrogen and oxygen atoms in total. The molecule has 10 heteroatoms. The van der Waals surface area contributed by atoms with Crippen molar-refractivity contribution in [3.63, 3.8) is 0 Å². The number of carbonyl (C=O) groups is 3. The summed E-state index contributed by atoms with van der Waals surface area (Å²) < 4.78 is 10.4. The first kappa shape index (κ1) is 22.2. The van der Waals surface area contributed by atoms with E-state index < -0.39 is 17.7 Å². The number of carboxylic acid groups (broad SMARTS) is 1. The molecule has 2 amide bonds. The van der Waals surface area contributed by atoms with Crippen molar-refractivity contribution in [1.29, 1.82) is 0 Å². The second-order valence-corrected chi connectivity index (χ2v) is 8.86. The molecule has 0 unspecified atom stereocenters. The first-order valence-electron chi connectivity index (χ1n) is 7.96. The van der Waals surface area contributed by atoms with E-state index in [0.717, 1.165) is 0 Å². The molecule has 0 saturated heterocycles. The number of nitrogens with one attached hydrogen (secondary N) is 2. The Kier molecular flexibility index (Phi) is 9.42. The fourth-order valence-corrected chi connectivity index (χ4v) is 3.58. The molecule has 0 radical (unpaired) electrons. The minimum atomic E-state index is -0.820. The van der Waals surface area contributed by atoms with Gasteiger partial charge in [-0.2, -0.15) is 0 Å². The van der Waals surface area contributed by atoms with Crippen molar-refractivity contribution in [2.45, 2.75) is 39.3 Å². The van der Waals surface area contributed by atoms with E-state index in [-0.39, 0.29) is 18.9 Å². The van der Waals surface area contributed by atoms with Gasteiger partial charge in [0.2, 0.25) is 0 Å². The summed E-state index contributed by atoms with van der Waals surface area (Å²) in [7, 11) is 2.95. The van der Waals surface area contributed by atoms with Gasteiger partial charge in [0.15, 0.2) is 0 Å². The molecule has 0 bridgehead atoms. The number of aliphatic carboxylic acids is 1. The second kappa shape index (κ2) is 11.0. The van der Waals surface area contributed by atoms with Gasteiger partial charge in [0.25, 0.3) is 5.91 Å². The molecule has 0 aliphatic rings. The van der Waals surface area contributed by atoms with Crippen LogP contribution in [0.2, 0.25) is 0 Å². The Balaban J connectivity index is 2.32. The SMILES string of the molecule is CC(C)(C)OC(=O)NCc1occc1C(=O)NCCSSCCC(=O)O. The Labute approximate surface area is 160 Å². The van der Waals surface area contributed by atoms with Crippen molar-refractivity contribution in [3.05, 3.63) is 23.7 Å². The van der Waals surface area contributed by atoms with Gasteiger partial charge in [0, 0.05) is 18.1 Å². The standard InChI is InChI=1S/C16H24N2O6S2/c1-16(2,3)24-15(22)18-10-12-11(4-7-23-12)14(21)17-6-9-26-25-8-5-13(19)20/h4,7H,5-6,8-10H2,1-3H3,(H,17,21)(H,18,22)(H,19,20). The van der Waals surface area contributed by atoms with Crippen molar-refractivity contribution >= 4 is 39.6 Å². The third-order valence-electron chi connectivity index (χ3n) is 2.74. The first-order valence-corrected chi connectivity index (χ1v) is 10.5. The molecular formula is C16H24N2O6S2. The molecule has 1 heterocycles. The van der Waals surface area contributed by atoms with Crippen LogP contribution in [-0.4, -0.2) is 46.7 Å². The number of carboxylic acids is 1. The fraction of sp³-hybridized carbons (Fsp3) is 0.562. The summed E-state index contributed by atoms with van der Waals surface area (Å²) >= 11 is 0. The number of amides is 2. The smallest absolute Gasteiger partial charge is 0.408 e. The molecule has 146 valence electrons. The zero-order chi connectivity index (χ0) is 19.6. The molecule has 1 aromatic rings. The topological polar surface area (TPSA) is 118 Å². The second-order valence-electron chi connectivity index (χ2n) is 6.16. The summed E-state index contributed by atoms with van der Waals surface area (Å²) in [5, 5.41) is 13.8. The highest BCUT2D eigenvalue weighted by Crippen LogP contribution is 2.21. The van der Waals surface area contributed by atoms with Crippen LogP contribution in [-0.2, 0) is 16.1 Å². The van der Waals surface area contributed by atoms with E-state index in [1.54, 1.807) is 20.8 Å². The lowest BCUT2D eigenvalue weighted by Gasteiger charge is -2.19. The molecule has 1 rings (SSSR count). The summed E-state index contributed by atoms with van der Waals surface area (Å²) in [5.74, 6) is 0.404. The van der Waals surface area contributed by atoms with Crippen LogP contribution in [0.25, 0.3) is 0 Å². The number of furan rings is 1. The number of rotatable bonds is 10. The maximum atomic E-state index is 12.2. The van der Waals surface area contributed by atoms with E-state index in [4.69, 9.17) is 14.3 Å². The van der Waals surface area contributed by atoms with Gasteiger partial charge in [-0.05, 0) is 26.8 Å². The van der Waals surface area contributed by atoms with E-state index in [1.165, 1.54) is 33.9 Å². The minimum Gasteiger partial charge on any atom is -0.481 e. The average molecular weight is 405 g/mol. The third-order valence-corrected chi connectivity index (χ3v) is 5.14. The monoisotopic (exact) mass is 404 g/mol. The maximum absolute atomic E-state index is 12.2. The van der Waals surface area contributed by atoms with Crippen LogP contribution in [0.5, 0.6) is 0 Å². The summed E-state index contributed by atoms with van der Waals surface area (Å²) in [6.07, 6.45) is 0.917. The predicted octanol–water partition coefficient (Wildman–Crippen LogP) is 2.89. The zero-order valence-electron chi connectivity index (χ0n) is 15.0. The third kappa shape index (κ3) is 9.62. The molecule has 0 aromatic carbocycles. The Morgan fingerprint density at radius 2 is 1.88 bits per heavy atom. The number of alkyl carbamates (subject to hydrolysis) is 1. The van der Waals surface area contributed by atoms with Gasteiger partial charge in [-0.1, -0.05) is 21.6 Å². The van der Waals surface area contributed by atoms with E-state index >= 15 is 0 Å². The van der Waals surface area contributed by atoms with Gasteiger partial charge in [0.1, 0.15) is 11.4 Å². The van der Waals surface area contributed by atoms with Crippen molar-refractivity contribution < 1.29 is 28.6 Å². The van der Waals surface area contributed by atoms with Crippen LogP contribution in [0.15, 0.2) is 16.7 Å². The predicted molar refractivity (Wildman–Crippen MR) is 101 cm³/mol. The van der Waals surface area contributed by atoms with Gasteiger partial charge in [-0.3, -0.25) is 9.59 Å². The molecule has 26 heavy (non-hydrogen) atoms. The molecule has 3 N–H and O–H groups in total. The molecule has 0 aliphatic heterocycles. The van der Waals surface area contributed by atoms with Crippen molar-refractivity contribution in [2.24, 2.45) is 0 Å². The molecule has 0 aliphatic carbocycles. The average Bonchev–Trinajstić information content (AvgIpc) is 2.98. The summed E-state index contributed by atoms with van der Waals surface area (Å²) in [5.41, 5.74) is -0.252. The molecule has 0 spiro atoms. The van der Waals surface area contributed by atoms with Crippen LogP contribution >= 0.6 is 21.6 Å². The van der Waals surface area contributed by atoms with Gasteiger partial charge in [0.05, 0.1) is 24.8 Å². The van der Waals surface area contributed by atoms with Crippen LogP contribution < -0.4 is 10.6 Å². The van der Waals surface area contributed by atoms with Gasteiger partial charge >= 0.3 is 12.1 Å². The number of hydrogen-bond acceptors (Lipinski definition) is 7. The molecule has 0 fully saturated rings. The highest BCUT2D eigenvalue weighted by Gasteiger charge is 2.18. The van der Waals surface area contributed by atoms with Crippen molar-refractivity contribution in [2.75, 3.05) is 18.1 Å². The molecular weight excluding hydrogens is 380 g/mol. The number of carbonyl (C=O) groups excluding carboxylic acids is 2. The van der Waals surface area contributed by atoms with Gasteiger partial charge in [-0.25, -0.2) is 4.79 Å². The Bertz CT molecular complexity index is 612. The number of ether oxygens (including phenoxy) is 1. The lowest BCUT2D eigenvalue weighted by Crippen LogP contribution is -2.33. The van der Waals surface area contributed by atoms with Gasteiger partial charge < -0.3 is 24.9 Å².